The van der Waals surface area contributed by atoms with Crippen molar-refractivity contribution in [1.82, 2.24) is 9.97 Å². The third-order valence-electron chi connectivity index (χ3n) is 2.65. The van der Waals surface area contributed by atoms with E-state index in [-0.39, 0.29) is 11.4 Å². The number of hydrogen-bond acceptors (Lipinski definition) is 6. The van der Waals surface area contributed by atoms with Gasteiger partial charge in [0.15, 0.2) is 5.82 Å². The van der Waals surface area contributed by atoms with Crippen molar-refractivity contribution in [1.29, 1.82) is 0 Å². The third-order valence-corrected chi connectivity index (χ3v) is 2.65. The van der Waals surface area contributed by atoms with E-state index in [1.54, 1.807) is 0 Å². The Bertz CT molecular complexity index is 629. The van der Waals surface area contributed by atoms with E-state index in [1.807, 2.05) is 31.2 Å². The molecule has 0 saturated heterocycles. The monoisotopic (exact) mass is 273 g/mol. The Hall–Kier alpha value is -2.63. The maximum atomic E-state index is 11.4. The zero-order valence-corrected chi connectivity index (χ0v) is 11.3. The molecule has 2 aromatic rings. The summed E-state index contributed by atoms with van der Waals surface area (Å²) in [6, 6.07) is 7.37. The van der Waals surface area contributed by atoms with Crippen LogP contribution in [0.3, 0.4) is 0 Å². The molecule has 1 aromatic carbocycles. The Morgan fingerprint density at radius 2 is 2.10 bits per heavy atom. The number of nitrogen functional groups attached to an aromatic ring is 1. The van der Waals surface area contributed by atoms with E-state index in [0.29, 0.717) is 18.2 Å². The van der Waals surface area contributed by atoms with Gasteiger partial charge in [0.25, 0.3) is 0 Å². The molecule has 2 N–H and O–H groups in total. The normalized spacial score (nSPS) is 10.1. The van der Waals surface area contributed by atoms with E-state index in [1.165, 1.54) is 13.3 Å². The van der Waals surface area contributed by atoms with Gasteiger partial charge in [-0.2, -0.15) is 0 Å². The molecule has 0 unspecified atom stereocenters. The quantitative estimate of drug-likeness (QED) is 0.856. The number of nitrogens with zero attached hydrogens (tertiary/aromatic N) is 2. The van der Waals surface area contributed by atoms with Crippen molar-refractivity contribution in [3.8, 4) is 17.1 Å². The molecule has 20 heavy (non-hydrogen) atoms. The molecule has 6 nitrogen and oxygen atoms in total. The van der Waals surface area contributed by atoms with Crippen LogP contribution in [0.1, 0.15) is 17.3 Å². The van der Waals surface area contributed by atoms with E-state index in [0.717, 1.165) is 5.56 Å². The average Bonchev–Trinajstić information content (AvgIpc) is 2.47. The summed E-state index contributed by atoms with van der Waals surface area (Å²) in [5, 5.41) is 0. The zero-order chi connectivity index (χ0) is 14.5. The van der Waals surface area contributed by atoms with Crippen LogP contribution < -0.4 is 10.5 Å². The van der Waals surface area contributed by atoms with Gasteiger partial charge in [0.1, 0.15) is 17.1 Å². The number of carbonyl (C=O) groups is 1. The van der Waals surface area contributed by atoms with Gasteiger partial charge in [-0.15, -0.1) is 0 Å². The number of hydrogen-bond donors (Lipinski definition) is 1. The number of anilines is 1. The van der Waals surface area contributed by atoms with Crippen LogP contribution in [0.2, 0.25) is 0 Å². The van der Waals surface area contributed by atoms with Gasteiger partial charge in [0.2, 0.25) is 0 Å². The van der Waals surface area contributed by atoms with Crippen LogP contribution in [0.25, 0.3) is 11.4 Å². The molecule has 0 bridgehead atoms. The molecule has 104 valence electrons. The van der Waals surface area contributed by atoms with Crippen LogP contribution in [-0.4, -0.2) is 29.7 Å². The van der Waals surface area contributed by atoms with Gasteiger partial charge in [-0.25, -0.2) is 14.8 Å². The molecule has 0 radical (unpaired) electrons. The lowest BCUT2D eigenvalue weighted by Crippen LogP contribution is -2.09. The van der Waals surface area contributed by atoms with Crippen molar-refractivity contribution < 1.29 is 14.3 Å². The topological polar surface area (TPSA) is 87.3 Å². The third kappa shape index (κ3) is 2.69. The minimum atomic E-state index is -0.563. The lowest BCUT2D eigenvalue weighted by Gasteiger charge is -2.10. The van der Waals surface area contributed by atoms with Crippen molar-refractivity contribution in [2.45, 2.75) is 6.92 Å². The molecule has 0 aliphatic heterocycles. The summed E-state index contributed by atoms with van der Waals surface area (Å²) in [4.78, 5) is 19.7. The van der Waals surface area contributed by atoms with Crippen molar-refractivity contribution in [2.75, 3.05) is 19.5 Å². The molecule has 0 aliphatic rings. The highest BCUT2D eigenvalue weighted by Crippen LogP contribution is 2.28. The summed E-state index contributed by atoms with van der Waals surface area (Å²) in [7, 11) is 1.28. The Kier molecular flexibility index (Phi) is 4.14. The van der Waals surface area contributed by atoms with Crippen molar-refractivity contribution in [3.63, 3.8) is 0 Å². The number of nitrogens with two attached hydrogens (primary N) is 1. The summed E-state index contributed by atoms with van der Waals surface area (Å²) in [6.07, 6.45) is 1.35. The summed E-state index contributed by atoms with van der Waals surface area (Å²) in [5.41, 5.74) is 6.63. The fourth-order valence-electron chi connectivity index (χ4n) is 1.72. The Balaban J connectivity index is 2.44. The lowest BCUT2D eigenvalue weighted by molar-refractivity contribution is 0.0601. The first-order valence-electron chi connectivity index (χ1n) is 6.10. The van der Waals surface area contributed by atoms with E-state index in [9.17, 15) is 4.79 Å². The molecule has 0 saturated carbocycles. The lowest BCUT2D eigenvalue weighted by atomic mass is 10.2. The number of carbonyl (C=O) groups excluding carboxylic acids is 1. The average molecular weight is 273 g/mol. The molecule has 0 spiro atoms. The van der Waals surface area contributed by atoms with Gasteiger partial charge in [-0.1, -0.05) is 12.1 Å². The first-order chi connectivity index (χ1) is 9.67. The molecule has 0 fully saturated rings. The summed E-state index contributed by atoms with van der Waals surface area (Å²) in [6.45, 7) is 2.43. The minimum Gasteiger partial charge on any atom is -0.493 e. The molecule has 2 rings (SSSR count). The standard InChI is InChI=1S/C14H15N3O3/c1-3-20-11-7-5-4-6-9(11)13-16-8-10(12(15)17-13)14(18)19-2/h4-8H,3H2,1-2H3,(H2,15,16,17). The molecule has 6 heteroatoms. The van der Waals surface area contributed by atoms with Gasteiger partial charge in [0.05, 0.1) is 19.3 Å². The molecular weight excluding hydrogens is 258 g/mol. The highest BCUT2D eigenvalue weighted by Gasteiger charge is 2.15. The Labute approximate surface area is 116 Å². The van der Waals surface area contributed by atoms with Gasteiger partial charge >= 0.3 is 5.97 Å². The molecule has 1 heterocycles. The Morgan fingerprint density at radius 1 is 1.35 bits per heavy atom. The van der Waals surface area contributed by atoms with Crippen molar-refractivity contribution in [3.05, 3.63) is 36.0 Å². The van der Waals surface area contributed by atoms with E-state index >= 15 is 0 Å². The highest BCUT2D eigenvalue weighted by molar-refractivity contribution is 5.94. The van der Waals surface area contributed by atoms with Gasteiger partial charge < -0.3 is 15.2 Å². The molecule has 1 aromatic heterocycles. The fraction of sp³-hybridized carbons (Fsp3) is 0.214. The smallest absolute Gasteiger partial charge is 0.343 e. The van der Waals surface area contributed by atoms with E-state index < -0.39 is 5.97 Å². The highest BCUT2D eigenvalue weighted by atomic mass is 16.5. The van der Waals surface area contributed by atoms with Gasteiger partial charge in [-0.3, -0.25) is 0 Å². The van der Waals surface area contributed by atoms with Crippen LogP contribution >= 0.6 is 0 Å². The van der Waals surface area contributed by atoms with Crippen LogP contribution in [0.4, 0.5) is 5.82 Å². The number of rotatable bonds is 4. The van der Waals surface area contributed by atoms with Gasteiger partial charge in [0, 0.05) is 6.20 Å². The summed E-state index contributed by atoms with van der Waals surface area (Å²) >= 11 is 0. The van der Waals surface area contributed by atoms with Gasteiger partial charge in [-0.05, 0) is 19.1 Å². The van der Waals surface area contributed by atoms with Crippen LogP contribution in [0.5, 0.6) is 5.75 Å². The molecule has 0 atom stereocenters. The second-order valence-corrected chi connectivity index (χ2v) is 3.91. The van der Waals surface area contributed by atoms with Crippen LogP contribution in [0.15, 0.2) is 30.5 Å². The summed E-state index contributed by atoms with van der Waals surface area (Å²) in [5.74, 6) is 0.583. The minimum absolute atomic E-state index is 0.0770. The van der Waals surface area contributed by atoms with Crippen molar-refractivity contribution in [2.24, 2.45) is 0 Å². The maximum Gasteiger partial charge on any atom is 0.343 e. The summed E-state index contributed by atoms with van der Waals surface area (Å²) < 4.78 is 10.1. The second-order valence-electron chi connectivity index (χ2n) is 3.91. The predicted molar refractivity (Wildman–Crippen MR) is 74.4 cm³/mol. The molecule has 0 amide bonds. The SMILES string of the molecule is CCOc1ccccc1-c1ncc(C(=O)OC)c(N)n1. The van der Waals surface area contributed by atoms with Crippen LogP contribution in [-0.2, 0) is 4.74 Å². The first kappa shape index (κ1) is 13.8. The molecule has 0 aliphatic carbocycles. The van der Waals surface area contributed by atoms with E-state index in [2.05, 4.69) is 14.7 Å². The Morgan fingerprint density at radius 3 is 2.75 bits per heavy atom. The first-order valence-corrected chi connectivity index (χ1v) is 6.10. The zero-order valence-electron chi connectivity index (χ0n) is 11.3. The van der Waals surface area contributed by atoms with E-state index in [4.69, 9.17) is 10.5 Å². The van der Waals surface area contributed by atoms with Crippen molar-refractivity contribution >= 4 is 11.8 Å². The van der Waals surface area contributed by atoms with Crippen LogP contribution in [0, 0.1) is 0 Å². The number of methoxy groups -OCH3 is 1. The number of esters is 1. The predicted octanol–water partition coefficient (Wildman–Crippen LogP) is 1.91. The fourth-order valence-corrected chi connectivity index (χ4v) is 1.72. The largest absolute Gasteiger partial charge is 0.493 e. The second kappa shape index (κ2) is 6.01. The molecular formula is C14H15N3O3. The number of ether oxygens (including phenoxy) is 2. The number of para-hydroxylation sites is 1. The maximum absolute atomic E-state index is 11.4. The number of aromatic nitrogens is 2. The number of benzene rings is 1.